The van der Waals surface area contributed by atoms with E-state index in [1.165, 1.54) is 11.1 Å². The van der Waals surface area contributed by atoms with Gasteiger partial charge in [-0.3, -0.25) is 19.4 Å². The Morgan fingerprint density at radius 2 is 1.69 bits per heavy atom. The summed E-state index contributed by atoms with van der Waals surface area (Å²) in [6.07, 6.45) is 2.57. The van der Waals surface area contributed by atoms with Crippen molar-refractivity contribution in [2.45, 2.75) is 66.1 Å². The van der Waals surface area contributed by atoms with Gasteiger partial charge < -0.3 is 4.90 Å². The lowest BCUT2D eigenvalue weighted by atomic mass is 9.94. The van der Waals surface area contributed by atoms with Crippen molar-refractivity contribution < 1.29 is 9.59 Å². The lowest BCUT2D eigenvalue weighted by Crippen LogP contribution is -2.41. The van der Waals surface area contributed by atoms with Crippen LogP contribution in [0.4, 0.5) is 0 Å². The van der Waals surface area contributed by atoms with Gasteiger partial charge in [-0.25, -0.2) is 0 Å². The molecular formula is C30H41N3O2. The third-order valence-electron chi connectivity index (χ3n) is 7.49. The molecule has 1 amide bonds. The van der Waals surface area contributed by atoms with Gasteiger partial charge >= 0.3 is 0 Å². The Kier molecular flexibility index (Phi) is 8.08. The lowest BCUT2D eigenvalue weighted by molar-refractivity contribution is -0.127. The molecule has 2 unspecified atom stereocenters. The standard InChI is InChI=1S/C30H41N3O2/c1-21(2)19-32-20-26(29(35)28-23(4)9-6-10-24(28)5)33(18-8-17-31-16-7-11-27(31)34)30(32)25-14-12-22(3)13-15-25/h6,9-10,12-15,21,26,30H,7-8,11,16-20H2,1-5H3. The molecule has 5 nitrogen and oxygen atoms in total. The molecule has 0 N–H and O–H groups in total. The van der Waals surface area contributed by atoms with E-state index in [0.717, 1.165) is 62.3 Å². The number of nitrogens with zero attached hydrogens (tertiary/aromatic N) is 3. The predicted molar refractivity (Wildman–Crippen MR) is 142 cm³/mol. The van der Waals surface area contributed by atoms with Crippen molar-refractivity contribution in [3.05, 3.63) is 70.3 Å². The van der Waals surface area contributed by atoms with Crippen LogP contribution in [-0.2, 0) is 4.79 Å². The first-order valence-electron chi connectivity index (χ1n) is 13.2. The molecule has 5 heteroatoms. The highest BCUT2D eigenvalue weighted by Crippen LogP contribution is 2.36. The Balaban J connectivity index is 1.67. The fourth-order valence-corrected chi connectivity index (χ4v) is 5.86. The molecule has 2 fully saturated rings. The molecule has 0 aromatic heterocycles. The lowest BCUT2D eigenvalue weighted by Gasteiger charge is -2.33. The van der Waals surface area contributed by atoms with E-state index in [1.54, 1.807) is 0 Å². The second-order valence-electron chi connectivity index (χ2n) is 10.9. The Labute approximate surface area is 211 Å². The third kappa shape index (κ3) is 5.68. The van der Waals surface area contributed by atoms with Crippen LogP contribution in [0.5, 0.6) is 0 Å². The molecule has 2 aromatic carbocycles. The van der Waals surface area contributed by atoms with Crippen molar-refractivity contribution in [1.29, 1.82) is 0 Å². The number of aryl methyl sites for hydroxylation is 3. The highest BCUT2D eigenvalue weighted by Gasteiger charge is 2.44. The van der Waals surface area contributed by atoms with Crippen LogP contribution in [0.2, 0.25) is 0 Å². The van der Waals surface area contributed by atoms with Gasteiger partial charge in [0.05, 0.1) is 12.2 Å². The Hall–Kier alpha value is -2.50. The Bertz CT molecular complexity index is 1030. The van der Waals surface area contributed by atoms with Gasteiger partial charge in [0.2, 0.25) is 5.91 Å². The maximum Gasteiger partial charge on any atom is 0.222 e. The third-order valence-corrected chi connectivity index (χ3v) is 7.49. The van der Waals surface area contributed by atoms with Crippen LogP contribution in [0.25, 0.3) is 0 Å². The summed E-state index contributed by atoms with van der Waals surface area (Å²) in [6, 6.07) is 14.7. The first-order chi connectivity index (χ1) is 16.8. The normalized spacial score (nSPS) is 21.4. The van der Waals surface area contributed by atoms with Crippen molar-refractivity contribution in [3.63, 3.8) is 0 Å². The van der Waals surface area contributed by atoms with E-state index >= 15 is 0 Å². The van der Waals surface area contributed by atoms with Crippen LogP contribution in [0.1, 0.15) is 71.9 Å². The van der Waals surface area contributed by atoms with Gasteiger partial charge in [-0.2, -0.15) is 0 Å². The minimum atomic E-state index is -0.200. The van der Waals surface area contributed by atoms with Crippen LogP contribution in [-0.4, -0.2) is 65.2 Å². The minimum Gasteiger partial charge on any atom is -0.343 e. The van der Waals surface area contributed by atoms with E-state index in [9.17, 15) is 9.59 Å². The van der Waals surface area contributed by atoms with Gasteiger partial charge in [0.25, 0.3) is 0 Å². The van der Waals surface area contributed by atoms with Gasteiger partial charge in [0, 0.05) is 44.7 Å². The van der Waals surface area contributed by atoms with E-state index in [0.29, 0.717) is 12.3 Å². The molecule has 35 heavy (non-hydrogen) atoms. The minimum absolute atomic E-state index is 0.0607. The second kappa shape index (κ2) is 11.0. The molecule has 0 radical (unpaired) electrons. The fraction of sp³-hybridized carbons (Fsp3) is 0.533. The monoisotopic (exact) mass is 475 g/mol. The first-order valence-corrected chi connectivity index (χ1v) is 13.2. The van der Waals surface area contributed by atoms with E-state index < -0.39 is 0 Å². The van der Waals surface area contributed by atoms with Gasteiger partial charge in [-0.05, 0) is 56.2 Å². The largest absolute Gasteiger partial charge is 0.343 e. The SMILES string of the molecule is Cc1ccc(C2N(CC(C)C)CC(C(=O)c3c(C)cccc3C)N2CCCN2CCCC2=O)cc1. The van der Waals surface area contributed by atoms with Crippen molar-refractivity contribution in [1.82, 2.24) is 14.7 Å². The summed E-state index contributed by atoms with van der Waals surface area (Å²) in [6.45, 7) is 14.8. The van der Waals surface area contributed by atoms with Crippen LogP contribution in [0.15, 0.2) is 42.5 Å². The average molecular weight is 476 g/mol. The predicted octanol–water partition coefficient (Wildman–Crippen LogP) is 5.15. The van der Waals surface area contributed by atoms with Gasteiger partial charge in [0.1, 0.15) is 0 Å². The van der Waals surface area contributed by atoms with E-state index in [2.05, 4.69) is 54.8 Å². The topological polar surface area (TPSA) is 43.9 Å². The summed E-state index contributed by atoms with van der Waals surface area (Å²) in [4.78, 5) is 33.2. The smallest absolute Gasteiger partial charge is 0.222 e. The summed E-state index contributed by atoms with van der Waals surface area (Å²) in [5.74, 6) is 0.994. The molecule has 188 valence electrons. The highest BCUT2D eigenvalue weighted by molar-refractivity contribution is 6.03. The number of likely N-dealkylation sites (tertiary alicyclic amines) is 1. The molecule has 0 bridgehead atoms. The molecule has 2 aliphatic rings. The fourth-order valence-electron chi connectivity index (χ4n) is 5.86. The zero-order chi connectivity index (χ0) is 25.1. The van der Waals surface area contributed by atoms with Gasteiger partial charge in [-0.15, -0.1) is 0 Å². The van der Waals surface area contributed by atoms with E-state index in [4.69, 9.17) is 0 Å². The molecule has 2 aliphatic heterocycles. The number of ketones is 1. The maximum absolute atomic E-state index is 14.1. The first kappa shape index (κ1) is 25.6. The van der Waals surface area contributed by atoms with Crippen LogP contribution < -0.4 is 0 Å². The summed E-state index contributed by atoms with van der Waals surface area (Å²) >= 11 is 0. The average Bonchev–Trinajstić information content (AvgIpc) is 3.37. The number of benzene rings is 2. The maximum atomic E-state index is 14.1. The molecule has 2 aromatic rings. The number of Topliss-reactive ketones (excluding diaryl/α,β-unsaturated/α-hetero) is 1. The summed E-state index contributed by atoms with van der Waals surface area (Å²) in [5.41, 5.74) is 5.44. The zero-order valence-electron chi connectivity index (χ0n) is 22.1. The number of rotatable bonds is 9. The summed E-state index contributed by atoms with van der Waals surface area (Å²) < 4.78 is 0. The number of hydrogen-bond donors (Lipinski definition) is 0. The molecule has 4 rings (SSSR count). The molecule has 0 saturated carbocycles. The van der Waals surface area contributed by atoms with Crippen molar-refractivity contribution >= 4 is 11.7 Å². The van der Waals surface area contributed by atoms with E-state index in [-0.39, 0.29) is 23.9 Å². The van der Waals surface area contributed by atoms with E-state index in [1.807, 2.05) is 36.9 Å². The number of amides is 1. The van der Waals surface area contributed by atoms with Crippen LogP contribution in [0, 0.1) is 26.7 Å². The molecule has 2 atom stereocenters. The molecule has 0 aliphatic carbocycles. The molecule has 0 spiro atoms. The highest BCUT2D eigenvalue weighted by atomic mass is 16.2. The van der Waals surface area contributed by atoms with Crippen molar-refractivity contribution in [2.75, 3.05) is 32.7 Å². The van der Waals surface area contributed by atoms with Gasteiger partial charge in [-0.1, -0.05) is 61.9 Å². The second-order valence-corrected chi connectivity index (χ2v) is 10.9. The van der Waals surface area contributed by atoms with Gasteiger partial charge in [0.15, 0.2) is 5.78 Å². The number of hydrogen-bond acceptors (Lipinski definition) is 4. The summed E-state index contributed by atoms with van der Waals surface area (Å²) in [7, 11) is 0. The zero-order valence-corrected chi connectivity index (χ0v) is 22.1. The van der Waals surface area contributed by atoms with Crippen LogP contribution >= 0.6 is 0 Å². The van der Waals surface area contributed by atoms with Crippen LogP contribution in [0.3, 0.4) is 0 Å². The molecule has 2 heterocycles. The van der Waals surface area contributed by atoms with Crippen molar-refractivity contribution in [3.8, 4) is 0 Å². The summed E-state index contributed by atoms with van der Waals surface area (Å²) in [5, 5.41) is 0. The Morgan fingerprint density at radius 3 is 2.29 bits per heavy atom. The quantitative estimate of drug-likeness (QED) is 0.471. The molecular weight excluding hydrogens is 434 g/mol. The Morgan fingerprint density at radius 1 is 1.00 bits per heavy atom. The molecule has 2 saturated heterocycles. The number of carbonyl (C=O) groups excluding carboxylic acids is 2. The van der Waals surface area contributed by atoms with Crippen molar-refractivity contribution in [2.24, 2.45) is 5.92 Å². The number of carbonyl (C=O) groups is 2.